The fourth-order valence-corrected chi connectivity index (χ4v) is 3.30. The van der Waals surface area contributed by atoms with Crippen molar-refractivity contribution in [2.75, 3.05) is 39.3 Å². The molecule has 0 rings (SSSR count). The van der Waals surface area contributed by atoms with Crippen molar-refractivity contribution in [3.05, 3.63) is 12.2 Å². The Morgan fingerprint density at radius 3 is 2.13 bits per heavy atom. The number of allylic oxidation sites excluding steroid dienone is 1. The van der Waals surface area contributed by atoms with Gasteiger partial charge in [-0.05, 0) is 38.5 Å². The summed E-state index contributed by atoms with van der Waals surface area (Å²) in [6.45, 7) is 4.98. The van der Waals surface area contributed by atoms with E-state index in [9.17, 15) is 24.6 Å². The van der Waals surface area contributed by atoms with Gasteiger partial charge in [0.25, 0.3) is 0 Å². The van der Waals surface area contributed by atoms with Crippen molar-refractivity contribution >= 4 is 17.8 Å². The van der Waals surface area contributed by atoms with Crippen molar-refractivity contribution in [2.45, 2.75) is 64.7 Å². The van der Waals surface area contributed by atoms with Crippen LogP contribution in [0.1, 0.15) is 64.7 Å². The van der Waals surface area contributed by atoms with Gasteiger partial charge in [0.05, 0.1) is 32.8 Å². The van der Waals surface area contributed by atoms with Crippen LogP contribution in [0.4, 0.5) is 0 Å². The first kappa shape index (κ1) is 31.9. The van der Waals surface area contributed by atoms with Crippen molar-refractivity contribution in [3.63, 3.8) is 0 Å². The third kappa shape index (κ3) is 18.5. The molecular formula is C21H38KN2O6+. The molecule has 8 nitrogen and oxygen atoms in total. The van der Waals surface area contributed by atoms with Gasteiger partial charge in [0.15, 0.2) is 0 Å². The Balaban J connectivity index is 0. The minimum Gasteiger partial charge on any atom is -0.550 e. The molecule has 1 atom stereocenters. The number of nitrogens with one attached hydrogen (secondary N) is 1. The molecule has 0 aromatic carbocycles. The maximum Gasteiger partial charge on any atom is 1.00 e. The number of carboxylic acids is 2. The van der Waals surface area contributed by atoms with Gasteiger partial charge < -0.3 is 29.9 Å². The number of amides is 1. The molecule has 0 saturated carbocycles. The van der Waals surface area contributed by atoms with E-state index in [1.165, 1.54) is 0 Å². The predicted molar refractivity (Wildman–Crippen MR) is 109 cm³/mol. The molecule has 30 heavy (non-hydrogen) atoms. The van der Waals surface area contributed by atoms with Crippen LogP contribution in [0.2, 0.25) is 0 Å². The van der Waals surface area contributed by atoms with Crippen LogP contribution in [0.3, 0.4) is 0 Å². The number of carbonyl (C=O) groups excluding carboxylic acids is 2. The van der Waals surface area contributed by atoms with Crippen LogP contribution in [0.15, 0.2) is 12.2 Å². The number of quaternary nitrogens is 1. The Labute approximate surface area is 223 Å². The first-order chi connectivity index (χ1) is 13.8. The quantitative estimate of drug-likeness (QED) is 0.0885. The third-order valence-electron chi connectivity index (χ3n) is 4.94. The van der Waals surface area contributed by atoms with E-state index >= 15 is 0 Å². The van der Waals surface area contributed by atoms with E-state index in [1.807, 2.05) is 12.2 Å². The number of aliphatic hydroxyl groups excluding tert-OH is 1. The second-order valence-corrected chi connectivity index (χ2v) is 7.45. The fourth-order valence-electron chi connectivity index (χ4n) is 3.30. The van der Waals surface area contributed by atoms with Crippen LogP contribution < -0.4 is 61.8 Å². The molecule has 168 valence electrons. The van der Waals surface area contributed by atoms with Gasteiger partial charge in [0.2, 0.25) is 5.91 Å². The Bertz CT molecular complexity index is 492. The van der Waals surface area contributed by atoms with Crippen LogP contribution >= 0.6 is 0 Å². The fraction of sp³-hybridized carbons (Fsp3) is 0.762. The molecule has 1 amide bonds. The molecule has 0 aliphatic rings. The first-order valence-electron chi connectivity index (χ1n) is 10.6. The molecule has 0 aliphatic heterocycles. The van der Waals surface area contributed by atoms with Gasteiger partial charge >= 0.3 is 57.4 Å². The van der Waals surface area contributed by atoms with Gasteiger partial charge in [0, 0.05) is 18.8 Å². The summed E-state index contributed by atoms with van der Waals surface area (Å²) in [5.41, 5.74) is 0. The number of hydrogen-bond acceptors (Lipinski definition) is 5. The number of aliphatic hydroxyl groups is 1. The molecule has 0 saturated heterocycles. The van der Waals surface area contributed by atoms with Gasteiger partial charge in [0.1, 0.15) is 6.54 Å². The van der Waals surface area contributed by atoms with E-state index in [4.69, 9.17) is 5.11 Å². The monoisotopic (exact) mass is 453 g/mol. The number of rotatable bonds is 19. The van der Waals surface area contributed by atoms with Gasteiger partial charge in [-0.3, -0.25) is 9.59 Å². The number of hydrogen-bond donors (Lipinski definition) is 3. The molecule has 0 fully saturated rings. The summed E-state index contributed by atoms with van der Waals surface area (Å²) in [6.07, 6.45) is 8.69. The normalized spacial score (nSPS) is 12.9. The standard InChI is InChI=1S/C21H38N2O6.K/c1-2-3-4-5-10-19(25)22-13-16-23(17-18-24,14-8-6-11-20(26)27)15-9-7-12-21(28)29;/h4-5,24H,2-3,6-18H2,1H3,(H2-,22,25,26,27,28,29);/q;+1/b5-4+;. The van der Waals surface area contributed by atoms with Crippen molar-refractivity contribution in [2.24, 2.45) is 0 Å². The van der Waals surface area contributed by atoms with Crippen molar-refractivity contribution in [1.82, 2.24) is 5.32 Å². The van der Waals surface area contributed by atoms with Crippen molar-refractivity contribution in [1.29, 1.82) is 0 Å². The smallest absolute Gasteiger partial charge is 0.550 e. The summed E-state index contributed by atoms with van der Waals surface area (Å²) in [5, 5.41) is 31.9. The summed E-state index contributed by atoms with van der Waals surface area (Å²) in [4.78, 5) is 33.3. The van der Waals surface area contributed by atoms with E-state index in [2.05, 4.69) is 12.2 Å². The molecule has 0 bridgehead atoms. The maximum atomic E-state index is 12.0. The second kappa shape index (κ2) is 20.6. The predicted octanol–water partition coefficient (Wildman–Crippen LogP) is -2.16. The van der Waals surface area contributed by atoms with E-state index in [1.54, 1.807) is 0 Å². The molecule has 0 heterocycles. The molecule has 0 aromatic rings. The SMILES string of the molecule is CCC/C=C/CC(=O)NCC[N+](CCO)(CCCCC(=O)[O-])CCCCC(=O)O.[K+]. The van der Waals surface area contributed by atoms with Gasteiger partial charge in [-0.15, -0.1) is 0 Å². The van der Waals surface area contributed by atoms with E-state index < -0.39 is 11.9 Å². The molecule has 0 radical (unpaired) electrons. The molecule has 0 spiro atoms. The van der Waals surface area contributed by atoms with Gasteiger partial charge in [-0.2, -0.15) is 0 Å². The summed E-state index contributed by atoms with van der Waals surface area (Å²) >= 11 is 0. The largest absolute Gasteiger partial charge is 1.00 e. The van der Waals surface area contributed by atoms with E-state index in [0.29, 0.717) is 69.3 Å². The van der Waals surface area contributed by atoms with Crippen LogP contribution in [0, 0.1) is 0 Å². The van der Waals surface area contributed by atoms with Crippen LogP contribution in [0.25, 0.3) is 0 Å². The average molecular weight is 454 g/mol. The summed E-state index contributed by atoms with van der Waals surface area (Å²) in [6, 6.07) is 0. The van der Waals surface area contributed by atoms with E-state index in [-0.39, 0.29) is 76.7 Å². The van der Waals surface area contributed by atoms with Crippen LogP contribution in [-0.2, 0) is 14.4 Å². The number of carboxylic acid groups (broad SMARTS) is 2. The van der Waals surface area contributed by atoms with E-state index in [0.717, 1.165) is 12.8 Å². The zero-order valence-electron chi connectivity index (χ0n) is 18.7. The molecular weight excluding hydrogens is 415 g/mol. The van der Waals surface area contributed by atoms with Crippen LogP contribution in [-0.4, -0.2) is 71.9 Å². The molecule has 0 aliphatic carbocycles. The molecule has 3 N–H and O–H groups in total. The zero-order chi connectivity index (χ0) is 22.0. The minimum absolute atomic E-state index is 0. The molecule has 0 aromatic heterocycles. The Morgan fingerprint density at radius 1 is 0.967 bits per heavy atom. The van der Waals surface area contributed by atoms with Gasteiger partial charge in [-0.1, -0.05) is 25.5 Å². The average Bonchev–Trinajstić information content (AvgIpc) is 2.66. The molecule has 9 heteroatoms. The number of aliphatic carboxylic acids is 2. The Kier molecular flexibility index (Phi) is 21.9. The summed E-state index contributed by atoms with van der Waals surface area (Å²) in [5.74, 6) is -1.96. The topological polar surface area (TPSA) is 127 Å². The summed E-state index contributed by atoms with van der Waals surface area (Å²) in [7, 11) is 0. The number of carbonyl (C=O) groups is 3. The zero-order valence-corrected chi connectivity index (χ0v) is 21.9. The van der Waals surface area contributed by atoms with Gasteiger partial charge in [-0.25, -0.2) is 0 Å². The minimum atomic E-state index is -1.07. The third-order valence-corrected chi connectivity index (χ3v) is 4.94. The van der Waals surface area contributed by atoms with Crippen LogP contribution in [0.5, 0.6) is 0 Å². The van der Waals surface area contributed by atoms with Crippen molar-refractivity contribution in [3.8, 4) is 0 Å². The van der Waals surface area contributed by atoms with Crippen molar-refractivity contribution < 1.29 is 85.6 Å². The maximum absolute atomic E-state index is 12.0. The Morgan fingerprint density at radius 2 is 1.60 bits per heavy atom. The number of nitrogens with zero attached hydrogens (tertiary/aromatic N) is 1. The molecule has 1 unspecified atom stereocenters. The first-order valence-corrected chi connectivity index (χ1v) is 10.6. The summed E-state index contributed by atoms with van der Waals surface area (Å²) < 4.78 is 0.537. The number of unbranched alkanes of at least 4 members (excludes halogenated alkanes) is 3. The Hall–Kier alpha value is -0.294. The second-order valence-electron chi connectivity index (χ2n) is 7.45.